The third kappa shape index (κ3) is 3.49. The number of hydrogen-bond acceptors (Lipinski definition) is 3. The molecule has 0 amide bonds. The summed E-state index contributed by atoms with van der Waals surface area (Å²) in [5.41, 5.74) is 1.60. The zero-order chi connectivity index (χ0) is 14.5. The van der Waals surface area contributed by atoms with Crippen molar-refractivity contribution in [3.63, 3.8) is 0 Å². The standard InChI is InChI=1S/C16H22FN3/c1-3-19-12(2)13-5-8-16(15(17)11-13)20(10-4-9-18)14-6-7-14/h5,8,11-12,14,19H,3-4,6-7,10H2,1-2H3. The maximum absolute atomic E-state index is 14.4. The first-order valence-corrected chi connectivity index (χ1v) is 7.33. The topological polar surface area (TPSA) is 39.1 Å². The lowest BCUT2D eigenvalue weighted by molar-refractivity contribution is 0.580. The molecular weight excluding hydrogens is 253 g/mol. The van der Waals surface area contributed by atoms with E-state index in [0.29, 0.717) is 24.7 Å². The largest absolute Gasteiger partial charge is 0.365 e. The van der Waals surface area contributed by atoms with Gasteiger partial charge in [-0.2, -0.15) is 5.26 Å². The Labute approximate surface area is 120 Å². The van der Waals surface area contributed by atoms with Gasteiger partial charge >= 0.3 is 0 Å². The molecule has 0 bridgehead atoms. The van der Waals surface area contributed by atoms with Gasteiger partial charge in [0, 0.05) is 18.6 Å². The van der Waals surface area contributed by atoms with Crippen molar-refractivity contribution in [1.82, 2.24) is 5.32 Å². The second kappa shape index (κ2) is 6.71. The molecule has 0 saturated heterocycles. The summed E-state index contributed by atoms with van der Waals surface area (Å²) in [7, 11) is 0. The summed E-state index contributed by atoms with van der Waals surface area (Å²) < 4.78 is 14.4. The van der Waals surface area contributed by atoms with Crippen LogP contribution in [0.3, 0.4) is 0 Å². The van der Waals surface area contributed by atoms with E-state index in [1.165, 1.54) is 0 Å². The molecular formula is C16H22FN3. The van der Waals surface area contributed by atoms with Crippen LogP contribution >= 0.6 is 0 Å². The lowest BCUT2D eigenvalue weighted by atomic mass is 10.1. The van der Waals surface area contributed by atoms with Gasteiger partial charge in [0.2, 0.25) is 0 Å². The van der Waals surface area contributed by atoms with Gasteiger partial charge in [0.15, 0.2) is 0 Å². The van der Waals surface area contributed by atoms with E-state index in [1.54, 1.807) is 6.07 Å². The lowest BCUT2D eigenvalue weighted by Crippen LogP contribution is -2.27. The third-order valence-corrected chi connectivity index (χ3v) is 3.74. The van der Waals surface area contributed by atoms with E-state index >= 15 is 0 Å². The molecule has 1 aromatic carbocycles. The summed E-state index contributed by atoms with van der Waals surface area (Å²) >= 11 is 0. The minimum absolute atomic E-state index is 0.150. The summed E-state index contributed by atoms with van der Waals surface area (Å²) in [5, 5.41) is 12.0. The van der Waals surface area contributed by atoms with E-state index in [0.717, 1.165) is 24.9 Å². The first kappa shape index (κ1) is 14.8. The van der Waals surface area contributed by atoms with E-state index in [4.69, 9.17) is 5.26 Å². The number of nitrogens with one attached hydrogen (secondary N) is 1. The van der Waals surface area contributed by atoms with Gasteiger partial charge in [-0.05, 0) is 44.0 Å². The smallest absolute Gasteiger partial charge is 0.146 e. The highest BCUT2D eigenvalue weighted by Gasteiger charge is 2.30. The molecule has 1 aliphatic carbocycles. The molecule has 1 fully saturated rings. The van der Waals surface area contributed by atoms with E-state index in [-0.39, 0.29) is 11.9 Å². The van der Waals surface area contributed by atoms with Gasteiger partial charge in [0.25, 0.3) is 0 Å². The first-order chi connectivity index (χ1) is 9.67. The molecule has 0 heterocycles. The Morgan fingerprint density at radius 1 is 1.50 bits per heavy atom. The predicted octanol–water partition coefficient (Wildman–Crippen LogP) is 3.38. The van der Waals surface area contributed by atoms with Crippen LogP contribution in [0, 0.1) is 17.1 Å². The summed E-state index contributed by atoms with van der Waals surface area (Å²) in [6.07, 6.45) is 2.63. The molecule has 0 spiro atoms. The molecule has 0 aliphatic heterocycles. The second-order valence-corrected chi connectivity index (χ2v) is 5.32. The van der Waals surface area contributed by atoms with Gasteiger partial charge in [-0.1, -0.05) is 13.0 Å². The quantitative estimate of drug-likeness (QED) is 0.829. The fourth-order valence-electron chi connectivity index (χ4n) is 2.51. The highest BCUT2D eigenvalue weighted by Crippen LogP contribution is 2.34. The molecule has 20 heavy (non-hydrogen) atoms. The van der Waals surface area contributed by atoms with Gasteiger partial charge in [-0.25, -0.2) is 4.39 Å². The number of nitriles is 1. The minimum Gasteiger partial charge on any atom is -0.365 e. The number of nitrogens with zero attached hydrogens (tertiary/aromatic N) is 2. The summed E-state index contributed by atoms with van der Waals surface area (Å²) in [6.45, 7) is 5.55. The van der Waals surface area contributed by atoms with E-state index in [2.05, 4.69) is 11.4 Å². The average molecular weight is 275 g/mol. The Bertz CT molecular complexity index is 491. The Hall–Kier alpha value is -1.60. The van der Waals surface area contributed by atoms with Crippen LogP contribution in [0.25, 0.3) is 0 Å². The summed E-state index contributed by atoms with van der Waals surface area (Å²) in [4.78, 5) is 2.04. The van der Waals surface area contributed by atoms with Crippen molar-refractivity contribution in [2.24, 2.45) is 0 Å². The van der Waals surface area contributed by atoms with Gasteiger partial charge in [0.1, 0.15) is 5.82 Å². The van der Waals surface area contributed by atoms with Crippen LogP contribution in [-0.2, 0) is 0 Å². The zero-order valence-corrected chi connectivity index (χ0v) is 12.2. The number of rotatable bonds is 7. The second-order valence-electron chi connectivity index (χ2n) is 5.32. The van der Waals surface area contributed by atoms with Crippen molar-refractivity contribution in [1.29, 1.82) is 5.26 Å². The fourth-order valence-corrected chi connectivity index (χ4v) is 2.51. The zero-order valence-electron chi connectivity index (χ0n) is 12.2. The van der Waals surface area contributed by atoms with Crippen LogP contribution in [0.15, 0.2) is 18.2 Å². The molecule has 0 aromatic heterocycles. The van der Waals surface area contributed by atoms with Gasteiger partial charge < -0.3 is 10.2 Å². The van der Waals surface area contributed by atoms with Crippen LogP contribution in [-0.4, -0.2) is 19.1 Å². The number of hydrogen-bond donors (Lipinski definition) is 1. The monoisotopic (exact) mass is 275 g/mol. The highest BCUT2D eigenvalue weighted by molar-refractivity contribution is 5.51. The van der Waals surface area contributed by atoms with Crippen LogP contribution in [0.5, 0.6) is 0 Å². The third-order valence-electron chi connectivity index (χ3n) is 3.74. The van der Waals surface area contributed by atoms with Crippen LogP contribution in [0.4, 0.5) is 10.1 Å². The molecule has 1 atom stereocenters. The summed E-state index contributed by atoms with van der Waals surface area (Å²) in [6, 6.07) is 8.15. The number of benzene rings is 1. The van der Waals surface area contributed by atoms with Crippen molar-refractivity contribution >= 4 is 5.69 Å². The molecule has 1 aliphatic rings. The molecule has 2 rings (SSSR count). The van der Waals surface area contributed by atoms with Crippen molar-refractivity contribution in [3.8, 4) is 6.07 Å². The predicted molar refractivity (Wildman–Crippen MR) is 79.1 cm³/mol. The van der Waals surface area contributed by atoms with Crippen LogP contribution < -0.4 is 10.2 Å². The SMILES string of the molecule is CCNC(C)c1ccc(N(CCC#N)C2CC2)c(F)c1. The Morgan fingerprint density at radius 3 is 2.80 bits per heavy atom. The minimum atomic E-state index is -0.183. The van der Waals surface area contributed by atoms with Crippen LogP contribution in [0.1, 0.15) is 44.7 Å². The van der Waals surface area contributed by atoms with Gasteiger partial charge in [-0.15, -0.1) is 0 Å². The Balaban J connectivity index is 2.17. The number of halogens is 1. The van der Waals surface area contributed by atoms with Crippen molar-refractivity contribution in [2.75, 3.05) is 18.0 Å². The maximum Gasteiger partial charge on any atom is 0.146 e. The van der Waals surface area contributed by atoms with E-state index in [1.807, 2.05) is 30.9 Å². The maximum atomic E-state index is 14.4. The molecule has 1 saturated carbocycles. The molecule has 1 N–H and O–H groups in total. The molecule has 3 nitrogen and oxygen atoms in total. The molecule has 108 valence electrons. The first-order valence-electron chi connectivity index (χ1n) is 7.33. The Kier molecular flexibility index (Phi) is 4.97. The van der Waals surface area contributed by atoms with E-state index < -0.39 is 0 Å². The highest BCUT2D eigenvalue weighted by atomic mass is 19.1. The lowest BCUT2D eigenvalue weighted by Gasteiger charge is -2.25. The molecule has 1 unspecified atom stereocenters. The van der Waals surface area contributed by atoms with E-state index in [9.17, 15) is 4.39 Å². The number of anilines is 1. The Morgan fingerprint density at radius 2 is 2.25 bits per heavy atom. The molecule has 4 heteroatoms. The van der Waals surface area contributed by atoms with Gasteiger partial charge in [-0.3, -0.25) is 0 Å². The van der Waals surface area contributed by atoms with Gasteiger partial charge in [0.05, 0.1) is 18.2 Å². The van der Waals surface area contributed by atoms with Crippen molar-refractivity contribution in [3.05, 3.63) is 29.6 Å². The normalized spacial score (nSPS) is 15.7. The van der Waals surface area contributed by atoms with Crippen molar-refractivity contribution in [2.45, 2.75) is 45.2 Å². The average Bonchev–Trinajstić information content (AvgIpc) is 3.25. The fraction of sp³-hybridized carbons (Fsp3) is 0.562. The van der Waals surface area contributed by atoms with Crippen LogP contribution in [0.2, 0.25) is 0 Å². The van der Waals surface area contributed by atoms with Crippen molar-refractivity contribution < 1.29 is 4.39 Å². The summed E-state index contributed by atoms with van der Waals surface area (Å²) in [5.74, 6) is -0.183. The molecule has 1 aromatic rings. The molecule has 0 radical (unpaired) electrons.